The highest BCUT2D eigenvalue weighted by atomic mass is 35.5. The zero-order valence-electron chi connectivity index (χ0n) is 16.2. The first-order valence-electron chi connectivity index (χ1n) is 10.1. The van der Waals surface area contributed by atoms with E-state index in [9.17, 15) is 4.79 Å². The smallest absolute Gasteiger partial charge is 0.224 e. The molecule has 1 saturated carbocycles. The average molecular weight is 414 g/mol. The number of halogens is 2. The third kappa shape index (κ3) is 5.30. The van der Waals surface area contributed by atoms with Gasteiger partial charge in [-0.05, 0) is 56.6 Å². The Labute approximate surface area is 175 Å². The minimum Gasteiger partial charge on any atom is -0.370 e. The van der Waals surface area contributed by atoms with E-state index < -0.39 is 0 Å². The van der Waals surface area contributed by atoms with Crippen LogP contribution in [0.5, 0.6) is 0 Å². The highest BCUT2D eigenvalue weighted by Gasteiger charge is 2.34. The predicted molar refractivity (Wildman–Crippen MR) is 118 cm³/mol. The third-order valence-electron chi connectivity index (χ3n) is 6.48. The van der Waals surface area contributed by atoms with Crippen LogP contribution < -0.4 is 15.5 Å². The number of carbonyl (C=O) groups excluding carboxylic acids is 1. The molecule has 152 valence electrons. The topological polar surface area (TPSA) is 44.4 Å². The van der Waals surface area contributed by atoms with Crippen molar-refractivity contribution in [3.8, 4) is 0 Å². The molecule has 4 rings (SSSR count). The van der Waals surface area contributed by atoms with E-state index in [0.29, 0.717) is 30.5 Å². The molecule has 2 N–H and O–H groups in total. The summed E-state index contributed by atoms with van der Waals surface area (Å²) >= 11 is 0. The molecule has 0 spiro atoms. The normalized spacial score (nSPS) is 26.8. The summed E-state index contributed by atoms with van der Waals surface area (Å²) in [4.78, 5) is 15.0. The molecule has 2 aliphatic heterocycles. The van der Waals surface area contributed by atoms with Gasteiger partial charge in [0, 0.05) is 31.6 Å². The SMILES string of the molecule is CN(c1ccccc1NC(=O)CC1CC2CCC(C1)N2)C1CCCC1.Cl.Cl. The summed E-state index contributed by atoms with van der Waals surface area (Å²) in [6, 6.07) is 10.2. The number of para-hydroxylation sites is 2. The number of rotatable bonds is 5. The fourth-order valence-corrected chi connectivity index (χ4v) is 5.18. The Hall–Kier alpha value is -0.970. The fraction of sp³-hybridized carbons (Fsp3) is 0.667. The lowest BCUT2D eigenvalue weighted by Gasteiger charge is -2.30. The van der Waals surface area contributed by atoms with Gasteiger partial charge < -0.3 is 15.5 Å². The minimum atomic E-state index is 0. The summed E-state index contributed by atoms with van der Waals surface area (Å²) in [6.07, 6.45) is 10.7. The molecule has 4 nitrogen and oxygen atoms in total. The van der Waals surface area contributed by atoms with Gasteiger partial charge in [-0.2, -0.15) is 0 Å². The number of nitrogens with zero attached hydrogens (tertiary/aromatic N) is 1. The molecule has 2 unspecified atom stereocenters. The lowest BCUT2D eigenvalue weighted by atomic mass is 9.89. The molecule has 1 amide bonds. The maximum absolute atomic E-state index is 12.7. The molecule has 1 aromatic rings. The van der Waals surface area contributed by atoms with Gasteiger partial charge in [-0.25, -0.2) is 0 Å². The summed E-state index contributed by atoms with van der Waals surface area (Å²) in [5, 5.41) is 6.87. The minimum absolute atomic E-state index is 0. The number of hydrogen-bond acceptors (Lipinski definition) is 3. The molecule has 3 aliphatic rings. The fourth-order valence-electron chi connectivity index (χ4n) is 5.18. The maximum Gasteiger partial charge on any atom is 0.224 e. The number of piperidine rings is 1. The average Bonchev–Trinajstić information content (AvgIpc) is 3.24. The van der Waals surface area contributed by atoms with E-state index >= 15 is 0 Å². The van der Waals surface area contributed by atoms with Crippen LogP contribution in [-0.4, -0.2) is 31.1 Å². The summed E-state index contributed by atoms with van der Waals surface area (Å²) in [7, 11) is 2.17. The van der Waals surface area contributed by atoms with Crippen molar-refractivity contribution in [2.75, 3.05) is 17.3 Å². The Morgan fingerprint density at radius 2 is 1.70 bits per heavy atom. The number of amides is 1. The number of benzene rings is 1. The Balaban J connectivity index is 0.00000131. The van der Waals surface area contributed by atoms with E-state index in [1.165, 1.54) is 38.5 Å². The number of nitrogens with one attached hydrogen (secondary N) is 2. The second-order valence-electron chi connectivity index (χ2n) is 8.29. The Kier molecular flexibility index (Phi) is 8.26. The lowest BCUT2D eigenvalue weighted by molar-refractivity contribution is -0.117. The summed E-state index contributed by atoms with van der Waals surface area (Å²) < 4.78 is 0. The monoisotopic (exact) mass is 413 g/mol. The van der Waals surface area contributed by atoms with Gasteiger partial charge in [0.2, 0.25) is 5.91 Å². The molecule has 2 atom stereocenters. The van der Waals surface area contributed by atoms with E-state index in [-0.39, 0.29) is 30.7 Å². The second-order valence-corrected chi connectivity index (χ2v) is 8.29. The predicted octanol–water partition coefficient (Wildman–Crippen LogP) is 4.77. The lowest BCUT2D eigenvalue weighted by Crippen LogP contribution is -2.39. The number of carbonyl (C=O) groups is 1. The van der Waals surface area contributed by atoms with Crippen LogP contribution >= 0.6 is 24.8 Å². The van der Waals surface area contributed by atoms with E-state index in [4.69, 9.17) is 0 Å². The van der Waals surface area contributed by atoms with Crippen molar-refractivity contribution in [3.63, 3.8) is 0 Å². The van der Waals surface area contributed by atoms with Crippen LogP contribution in [-0.2, 0) is 4.79 Å². The Bertz CT molecular complexity index is 609. The number of anilines is 2. The largest absolute Gasteiger partial charge is 0.370 e. The third-order valence-corrected chi connectivity index (χ3v) is 6.48. The molecule has 0 radical (unpaired) electrons. The molecule has 1 aromatic carbocycles. The molecule has 6 heteroatoms. The number of fused-ring (bicyclic) bond motifs is 2. The van der Waals surface area contributed by atoms with Crippen molar-refractivity contribution < 1.29 is 4.79 Å². The van der Waals surface area contributed by atoms with Gasteiger partial charge in [-0.1, -0.05) is 25.0 Å². The molecule has 1 aliphatic carbocycles. The summed E-state index contributed by atoms with van der Waals surface area (Å²) in [5.41, 5.74) is 2.13. The van der Waals surface area contributed by atoms with Crippen molar-refractivity contribution in [3.05, 3.63) is 24.3 Å². The van der Waals surface area contributed by atoms with Crippen LogP contribution in [0.3, 0.4) is 0 Å². The number of hydrogen-bond donors (Lipinski definition) is 2. The van der Waals surface area contributed by atoms with Crippen molar-refractivity contribution in [2.45, 2.75) is 75.9 Å². The van der Waals surface area contributed by atoms with Gasteiger partial charge in [-0.3, -0.25) is 4.79 Å². The van der Waals surface area contributed by atoms with Gasteiger partial charge in [0.1, 0.15) is 0 Å². The first-order valence-corrected chi connectivity index (χ1v) is 10.1. The Morgan fingerprint density at radius 1 is 1.07 bits per heavy atom. The molecule has 2 bridgehead atoms. The van der Waals surface area contributed by atoms with E-state index in [0.717, 1.165) is 24.2 Å². The zero-order valence-corrected chi connectivity index (χ0v) is 17.8. The van der Waals surface area contributed by atoms with Crippen LogP contribution in [0.2, 0.25) is 0 Å². The van der Waals surface area contributed by atoms with E-state index in [2.05, 4.69) is 34.7 Å². The molecule has 0 aromatic heterocycles. The first kappa shape index (κ1) is 22.3. The van der Waals surface area contributed by atoms with Crippen molar-refractivity contribution in [1.82, 2.24) is 5.32 Å². The molecule has 2 saturated heterocycles. The first-order chi connectivity index (χ1) is 12.2. The molecular weight excluding hydrogens is 381 g/mol. The van der Waals surface area contributed by atoms with Crippen molar-refractivity contribution in [2.24, 2.45) is 5.92 Å². The summed E-state index contributed by atoms with van der Waals surface area (Å²) in [6.45, 7) is 0. The molecule has 27 heavy (non-hydrogen) atoms. The van der Waals surface area contributed by atoms with Crippen LogP contribution in [0.1, 0.15) is 57.8 Å². The van der Waals surface area contributed by atoms with Crippen LogP contribution in [0.25, 0.3) is 0 Å². The standard InChI is InChI=1S/C21H31N3O.2ClH/c1-24(18-6-2-3-7-18)20-9-5-4-8-19(20)23-21(25)14-15-12-16-10-11-17(13-15)22-16;;/h4-5,8-9,15-18,22H,2-3,6-7,10-14H2,1H3,(H,23,25);2*1H. The van der Waals surface area contributed by atoms with Gasteiger partial charge >= 0.3 is 0 Å². The highest BCUT2D eigenvalue weighted by molar-refractivity contribution is 5.94. The van der Waals surface area contributed by atoms with Crippen molar-refractivity contribution in [1.29, 1.82) is 0 Å². The second kappa shape index (κ2) is 9.99. The van der Waals surface area contributed by atoms with Crippen LogP contribution in [0, 0.1) is 5.92 Å². The van der Waals surface area contributed by atoms with Gasteiger partial charge in [-0.15, -0.1) is 24.8 Å². The Morgan fingerprint density at radius 3 is 2.37 bits per heavy atom. The van der Waals surface area contributed by atoms with E-state index in [1.807, 2.05) is 12.1 Å². The molecule has 3 fully saturated rings. The van der Waals surface area contributed by atoms with E-state index in [1.54, 1.807) is 0 Å². The molecule has 2 heterocycles. The zero-order chi connectivity index (χ0) is 17.2. The van der Waals surface area contributed by atoms with Gasteiger partial charge in [0.05, 0.1) is 11.4 Å². The highest BCUT2D eigenvalue weighted by Crippen LogP contribution is 2.34. The maximum atomic E-state index is 12.7. The van der Waals surface area contributed by atoms with Crippen molar-refractivity contribution >= 4 is 42.1 Å². The van der Waals surface area contributed by atoms with Gasteiger partial charge in [0.15, 0.2) is 0 Å². The quantitative estimate of drug-likeness (QED) is 0.730. The van der Waals surface area contributed by atoms with Crippen LogP contribution in [0.15, 0.2) is 24.3 Å². The van der Waals surface area contributed by atoms with Gasteiger partial charge in [0.25, 0.3) is 0 Å². The summed E-state index contributed by atoms with van der Waals surface area (Å²) in [5.74, 6) is 0.719. The van der Waals surface area contributed by atoms with Crippen LogP contribution in [0.4, 0.5) is 11.4 Å². The molecular formula is C21H33Cl2N3O.